The van der Waals surface area contributed by atoms with Crippen molar-refractivity contribution >= 4 is 0 Å². The van der Waals surface area contributed by atoms with Crippen LogP contribution in [0.25, 0.3) is 0 Å². The molecule has 18 heavy (non-hydrogen) atoms. The second-order valence-corrected chi connectivity index (χ2v) is 5.42. The zero-order valence-corrected chi connectivity index (χ0v) is 12.3. The Balaban J connectivity index is 2.39. The van der Waals surface area contributed by atoms with Crippen molar-refractivity contribution in [1.29, 1.82) is 0 Å². The van der Waals surface area contributed by atoms with E-state index in [-0.39, 0.29) is 0 Å². The van der Waals surface area contributed by atoms with E-state index < -0.39 is 0 Å². The molecular weight excluding hydrogens is 222 g/mol. The van der Waals surface area contributed by atoms with E-state index in [1.54, 1.807) is 0 Å². The summed E-state index contributed by atoms with van der Waals surface area (Å²) in [7, 11) is 4.25. The summed E-state index contributed by atoms with van der Waals surface area (Å²) in [6.07, 6.45) is 3.44. The minimum absolute atomic E-state index is 0.687. The van der Waals surface area contributed by atoms with Crippen molar-refractivity contribution in [3.63, 3.8) is 0 Å². The van der Waals surface area contributed by atoms with Crippen molar-refractivity contribution in [3.8, 4) is 5.75 Å². The SMILES string of the molecule is CCCCOc1ccc(CC(C)CN(C)C)cc1. The van der Waals surface area contributed by atoms with E-state index in [2.05, 4.69) is 57.1 Å². The summed E-state index contributed by atoms with van der Waals surface area (Å²) in [5.74, 6) is 1.68. The first-order valence-corrected chi connectivity index (χ1v) is 6.98. The molecule has 0 aliphatic rings. The van der Waals surface area contributed by atoms with Crippen LogP contribution < -0.4 is 4.74 Å². The van der Waals surface area contributed by atoms with Gasteiger partial charge in [0, 0.05) is 6.54 Å². The Morgan fingerprint density at radius 2 is 1.83 bits per heavy atom. The second-order valence-electron chi connectivity index (χ2n) is 5.42. The van der Waals surface area contributed by atoms with Crippen LogP contribution in [0.15, 0.2) is 24.3 Å². The highest BCUT2D eigenvalue weighted by atomic mass is 16.5. The molecule has 0 amide bonds. The lowest BCUT2D eigenvalue weighted by molar-refractivity contribution is 0.309. The zero-order valence-electron chi connectivity index (χ0n) is 12.3. The van der Waals surface area contributed by atoms with Gasteiger partial charge < -0.3 is 9.64 Å². The predicted octanol–water partition coefficient (Wildman–Crippen LogP) is 3.61. The molecule has 0 spiro atoms. The fraction of sp³-hybridized carbons (Fsp3) is 0.625. The van der Waals surface area contributed by atoms with Gasteiger partial charge in [-0.05, 0) is 50.6 Å². The van der Waals surface area contributed by atoms with Crippen molar-refractivity contribution in [3.05, 3.63) is 29.8 Å². The van der Waals surface area contributed by atoms with Gasteiger partial charge in [0.1, 0.15) is 5.75 Å². The Morgan fingerprint density at radius 3 is 2.39 bits per heavy atom. The van der Waals surface area contributed by atoms with Crippen LogP contribution >= 0.6 is 0 Å². The minimum Gasteiger partial charge on any atom is -0.494 e. The summed E-state index contributed by atoms with van der Waals surface area (Å²) < 4.78 is 5.66. The smallest absolute Gasteiger partial charge is 0.119 e. The number of hydrogen-bond donors (Lipinski definition) is 0. The van der Waals surface area contributed by atoms with E-state index >= 15 is 0 Å². The third-order valence-corrected chi connectivity index (χ3v) is 2.95. The molecule has 0 saturated heterocycles. The van der Waals surface area contributed by atoms with Crippen LogP contribution in [0.3, 0.4) is 0 Å². The third-order valence-electron chi connectivity index (χ3n) is 2.95. The number of rotatable bonds is 8. The fourth-order valence-corrected chi connectivity index (χ4v) is 2.15. The van der Waals surface area contributed by atoms with Crippen LogP contribution in [-0.2, 0) is 6.42 Å². The Morgan fingerprint density at radius 1 is 1.17 bits per heavy atom. The molecule has 102 valence electrons. The Bertz CT molecular complexity index is 318. The molecule has 0 radical (unpaired) electrons. The minimum atomic E-state index is 0.687. The highest BCUT2D eigenvalue weighted by Crippen LogP contribution is 2.15. The molecule has 1 aromatic carbocycles. The maximum Gasteiger partial charge on any atom is 0.119 e. The zero-order chi connectivity index (χ0) is 13.4. The molecular formula is C16H27NO. The number of unbranched alkanes of at least 4 members (excludes halogenated alkanes) is 1. The summed E-state index contributed by atoms with van der Waals surface area (Å²) in [6, 6.07) is 8.56. The number of nitrogens with zero attached hydrogens (tertiary/aromatic N) is 1. The summed E-state index contributed by atoms with van der Waals surface area (Å²) in [5, 5.41) is 0. The van der Waals surface area contributed by atoms with E-state index in [9.17, 15) is 0 Å². The highest BCUT2D eigenvalue weighted by molar-refractivity contribution is 5.27. The molecule has 2 nitrogen and oxygen atoms in total. The van der Waals surface area contributed by atoms with E-state index in [1.165, 1.54) is 12.0 Å². The Kier molecular flexibility index (Phi) is 6.81. The first-order chi connectivity index (χ1) is 8.61. The van der Waals surface area contributed by atoms with Gasteiger partial charge in [-0.1, -0.05) is 32.4 Å². The van der Waals surface area contributed by atoms with Crippen molar-refractivity contribution in [2.75, 3.05) is 27.2 Å². The maximum absolute atomic E-state index is 5.66. The lowest BCUT2D eigenvalue weighted by atomic mass is 10.0. The molecule has 0 heterocycles. The largest absolute Gasteiger partial charge is 0.494 e. The monoisotopic (exact) mass is 249 g/mol. The fourth-order valence-electron chi connectivity index (χ4n) is 2.15. The van der Waals surface area contributed by atoms with Gasteiger partial charge in [-0.3, -0.25) is 0 Å². The summed E-state index contributed by atoms with van der Waals surface area (Å²) in [6.45, 7) is 6.44. The lowest BCUT2D eigenvalue weighted by Gasteiger charge is -2.17. The van der Waals surface area contributed by atoms with Crippen LogP contribution in [-0.4, -0.2) is 32.1 Å². The standard InChI is InChI=1S/C16H27NO/c1-5-6-11-18-16-9-7-15(8-10-16)12-14(2)13-17(3)4/h7-10,14H,5-6,11-13H2,1-4H3. The van der Waals surface area contributed by atoms with Gasteiger partial charge in [-0.15, -0.1) is 0 Å². The van der Waals surface area contributed by atoms with Crippen molar-refractivity contribution in [2.45, 2.75) is 33.1 Å². The molecule has 1 unspecified atom stereocenters. The molecule has 0 fully saturated rings. The molecule has 0 bridgehead atoms. The predicted molar refractivity (Wildman–Crippen MR) is 78.3 cm³/mol. The summed E-state index contributed by atoms with van der Waals surface area (Å²) in [4.78, 5) is 2.24. The summed E-state index contributed by atoms with van der Waals surface area (Å²) >= 11 is 0. The Labute approximate surface area is 112 Å². The second kappa shape index (κ2) is 8.15. The van der Waals surface area contributed by atoms with E-state index in [0.29, 0.717) is 5.92 Å². The van der Waals surface area contributed by atoms with Gasteiger partial charge in [-0.2, -0.15) is 0 Å². The lowest BCUT2D eigenvalue weighted by Crippen LogP contribution is -2.21. The van der Waals surface area contributed by atoms with Gasteiger partial charge in [0.05, 0.1) is 6.61 Å². The maximum atomic E-state index is 5.66. The van der Waals surface area contributed by atoms with Crippen LogP contribution in [0, 0.1) is 5.92 Å². The topological polar surface area (TPSA) is 12.5 Å². The van der Waals surface area contributed by atoms with Gasteiger partial charge in [0.2, 0.25) is 0 Å². The molecule has 1 atom stereocenters. The van der Waals surface area contributed by atoms with E-state index in [0.717, 1.165) is 31.7 Å². The molecule has 0 aliphatic carbocycles. The molecule has 0 aliphatic heterocycles. The highest BCUT2D eigenvalue weighted by Gasteiger charge is 2.05. The van der Waals surface area contributed by atoms with Crippen molar-refractivity contribution in [2.24, 2.45) is 5.92 Å². The van der Waals surface area contributed by atoms with E-state index in [4.69, 9.17) is 4.74 Å². The third kappa shape index (κ3) is 6.06. The van der Waals surface area contributed by atoms with Crippen LogP contribution in [0.5, 0.6) is 5.75 Å². The molecule has 2 heteroatoms. The van der Waals surface area contributed by atoms with Crippen molar-refractivity contribution < 1.29 is 4.74 Å². The van der Waals surface area contributed by atoms with Gasteiger partial charge in [0.25, 0.3) is 0 Å². The first-order valence-electron chi connectivity index (χ1n) is 6.98. The summed E-state index contributed by atoms with van der Waals surface area (Å²) in [5.41, 5.74) is 1.40. The average molecular weight is 249 g/mol. The molecule has 0 N–H and O–H groups in total. The molecule has 1 aromatic rings. The van der Waals surface area contributed by atoms with Crippen molar-refractivity contribution in [1.82, 2.24) is 4.90 Å². The Hall–Kier alpha value is -1.02. The number of hydrogen-bond acceptors (Lipinski definition) is 2. The normalized spacial score (nSPS) is 12.7. The van der Waals surface area contributed by atoms with Gasteiger partial charge >= 0.3 is 0 Å². The average Bonchev–Trinajstić information content (AvgIpc) is 2.30. The quantitative estimate of drug-likeness (QED) is 0.653. The number of ether oxygens (including phenoxy) is 1. The molecule has 1 rings (SSSR count). The van der Waals surface area contributed by atoms with Crippen LogP contribution in [0.1, 0.15) is 32.3 Å². The van der Waals surface area contributed by atoms with E-state index in [1.807, 2.05) is 0 Å². The van der Waals surface area contributed by atoms with Gasteiger partial charge in [-0.25, -0.2) is 0 Å². The number of benzene rings is 1. The first kappa shape index (κ1) is 15.0. The van der Waals surface area contributed by atoms with Crippen LogP contribution in [0.4, 0.5) is 0 Å². The van der Waals surface area contributed by atoms with Crippen LogP contribution in [0.2, 0.25) is 0 Å². The molecule has 0 aromatic heterocycles. The molecule has 0 saturated carbocycles. The van der Waals surface area contributed by atoms with Gasteiger partial charge in [0.15, 0.2) is 0 Å².